The number of fused-ring (bicyclic) bond motifs is 2. The molecule has 0 saturated heterocycles. The van der Waals surface area contributed by atoms with E-state index in [9.17, 15) is 4.79 Å². The van der Waals surface area contributed by atoms with Crippen molar-refractivity contribution in [2.75, 3.05) is 0 Å². The molecule has 4 aromatic rings. The van der Waals surface area contributed by atoms with Crippen LogP contribution in [-0.2, 0) is 6.54 Å². The monoisotopic (exact) mass is 376 g/mol. The predicted octanol–water partition coefficient (Wildman–Crippen LogP) is 5.44. The van der Waals surface area contributed by atoms with Gasteiger partial charge in [-0.3, -0.25) is 9.36 Å². The highest BCUT2D eigenvalue weighted by atomic mass is 32.1. The molecule has 5 heteroatoms. The van der Waals surface area contributed by atoms with Gasteiger partial charge in [0.15, 0.2) is 0 Å². The van der Waals surface area contributed by atoms with Gasteiger partial charge in [-0.2, -0.15) is 11.3 Å². The van der Waals surface area contributed by atoms with E-state index >= 15 is 0 Å². The molecule has 0 atom stereocenters. The van der Waals surface area contributed by atoms with Crippen molar-refractivity contribution in [3.63, 3.8) is 0 Å². The molecule has 0 bridgehead atoms. The van der Waals surface area contributed by atoms with E-state index in [1.165, 1.54) is 5.56 Å². The molecule has 1 aromatic carbocycles. The van der Waals surface area contributed by atoms with Crippen molar-refractivity contribution in [2.45, 2.75) is 19.9 Å². The second-order valence-electron chi connectivity index (χ2n) is 6.45. The van der Waals surface area contributed by atoms with Crippen molar-refractivity contribution in [1.29, 1.82) is 0 Å². The zero-order chi connectivity index (χ0) is 17.7. The van der Waals surface area contributed by atoms with Crippen LogP contribution in [0, 0.1) is 6.92 Å². The molecule has 0 fully saturated rings. The zero-order valence-corrected chi connectivity index (χ0v) is 15.9. The highest BCUT2D eigenvalue weighted by Gasteiger charge is 2.24. The van der Waals surface area contributed by atoms with Gasteiger partial charge in [0.2, 0.25) is 0 Å². The molecule has 0 unspecified atom stereocenters. The van der Waals surface area contributed by atoms with Gasteiger partial charge in [0.1, 0.15) is 10.7 Å². The first-order valence-electron chi connectivity index (χ1n) is 8.55. The van der Waals surface area contributed by atoms with Crippen molar-refractivity contribution in [2.24, 2.45) is 0 Å². The number of hydrogen-bond acceptors (Lipinski definition) is 4. The van der Waals surface area contributed by atoms with Gasteiger partial charge in [-0.1, -0.05) is 30.3 Å². The number of rotatable bonds is 2. The third-order valence-corrected chi connectivity index (χ3v) is 6.53. The summed E-state index contributed by atoms with van der Waals surface area (Å²) in [6, 6.07) is 12.2. The first-order chi connectivity index (χ1) is 12.7. The van der Waals surface area contributed by atoms with Crippen LogP contribution in [0.2, 0.25) is 0 Å². The molecule has 5 rings (SSSR count). The number of aromatic nitrogens is 2. The highest BCUT2D eigenvalue weighted by Crippen LogP contribution is 2.37. The molecule has 0 radical (unpaired) electrons. The second kappa shape index (κ2) is 6.04. The van der Waals surface area contributed by atoms with Crippen LogP contribution in [0.3, 0.4) is 0 Å². The minimum Gasteiger partial charge on any atom is -0.292 e. The Bertz CT molecular complexity index is 1200. The first-order valence-corrected chi connectivity index (χ1v) is 10.3. The van der Waals surface area contributed by atoms with E-state index in [4.69, 9.17) is 4.98 Å². The molecule has 128 valence electrons. The van der Waals surface area contributed by atoms with Crippen LogP contribution in [0.4, 0.5) is 0 Å². The summed E-state index contributed by atoms with van der Waals surface area (Å²) in [6.45, 7) is 2.78. The summed E-state index contributed by atoms with van der Waals surface area (Å²) >= 11 is 3.30. The van der Waals surface area contributed by atoms with E-state index in [0.717, 1.165) is 44.0 Å². The van der Waals surface area contributed by atoms with Crippen molar-refractivity contribution >= 4 is 44.5 Å². The molecule has 0 saturated carbocycles. The molecule has 3 aromatic heterocycles. The quantitative estimate of drug-likeness (QED) is 0.467. The van der Waals surface area contributed by atoms with E-state index in [0.29, 0.717) is 6.54 Å². The van der Waals surface area contributed by atoms with Crippen LogP contribution in [0.25, 0.3) is 33.0 Å². The van der Waals surface area contributed by atoms with Crippen molar-refractivity contribution in [3.05, 3.63) is 73.8 Å². The smallest absolute Gasteiger partial charge is 0.263 e. The number of benzene rings is 1. The lowest BCUT2D eigenvalue weighted by Crippen LogP contribution is -2.20. The lowest BCUT2D eigenvalue weighted by molar-refractivity contribution is 0.726. The third-order valence-electron chi connectivity index (χ3n) is 4.83. The molecule has 0 spiro atoms. The molecule has 1 aliphatic rings. The fourth-order valence-corrected chi connectivity index (χ4v) is 5.29. The molecule has 0 aliphatic carbocycles. The average molecular weight is 377 g/mol. The van der Waals surface area contributed by atoms with Crippen molar-refractivity contribution in [3.8, 4) is 11.1 Å². The maximum absolute atomic E-state index is 13.3. The maximum Gasteiger partial charge on any atom is 0.263 e. The average Bonchev–Trinajstić information content (AvgIpc) is 3.36. The standard InChI is InChI=1S/C21H16N2OS2/c1-13-17(15-5-3-2-4-6-15)18-20(26-13)22-19-16(7-9-23(19)21(18)24)11-14-8-10-25-12-14/h2-6,8,10-12H,7,9H2,1H3/b16-11-. The first kappa shape index (κ1) is 15.7. The van der Waals surface area contributed by atoms with Gasteiger partial charge in [0.25, 0.3) is 5.56 Å². The zero-order valence-electron chi connectivity index (χ0n) is 14.2. The number of nitrogens with zero attached hydrogens (tertiary/aromatic N) is 2. The summed E-state index contributed by atoms with van der Waals surface area (Å²) < 4.78 is 1.85. The van der Waals surface area contributed by atoms with E-state index in [1.54, 1.807) is 22.7 Å². The molecule has 0 amide bonds. The molecular weight excluding hydrogens is 360 g/mol. The van der Waals surface area contributed by atoms with Crippen LogP contribution in [0.5, 0.6) is 0 Å². The van der Waals surface area contributed by atoms with Gasteiger partial charge in [0, 0.05) is 17.0 Å². The van der Waals surface area contributed by atoms with E-state index in [2.05, 4.69) is 42.0 Å². The summed E-state index contributed by atoms with van der Waals surface area (Å²) in [7, 11) is 0. The van der Waals surface area contributed by atoms with Crippen molar-refractivity contribution in [1.82, 2.24) is 9.55 Å². The number of aryl methyl sites for hydroxylation is 1. The summed E-state index contributed by atoms with van der Waals surface area (Å²) in [5.74, 6) is 0.828. The Morgan fingerprint density at radius 1 is 1.19 bits per heavy atom. The van der Waals surface area contributed by atoms with Crippen LogP contribution in [-0.4, -0.2) is 9.55 Å². The normalized spacial score (nSPS) is 15.0. The molecule has 0 N–H and O–H groups in total. The number of allylic oxidation sites excluding steroid dienone is 1. The summed E-state index contributed by atoms with van der Waals surface area (Å²) in [5, 5.41) is 4.95. The summed E-state index contributed by atoms with van der Waals surface area (Å²) in [4.78, 5) is 20.2. The topological polar surface area (TPSA) is 34.9 Å². The van der Waals surface area contributed by atoms with Gasteiger partial charge >= 0.3 is 0 Å². The van der Waals surface area contributed by atoms with E-state index in [-0.39, 0.29) is 5.56 Å². The fraction of sp³-hybridized carbons (Fsp3) is 0.143. The third kappa shape index (κ3) is 2.39. The summed E-state index contributed by atoms with van der Waals surface area (Å²) in [6.07, 6.45) is 3.02. The van der Waals surface area contributed by atoms with Gasteiger partial charge < -0.3 is 0 Å². The second-order valence-corrected chi connectivity index (χ2v) is 8.43. The van der Waals surface area contributed by atoms with Gasteiger partial charge in [-0.15, -0.1) is 11.3 Å². The highest BCUT2D eigenvalue weighted by molar-refractivity contribution is 7.19. The molecule has 26 heavy (non-hydrogen) atoms. The molecule has 4 heterocycles. The van der Waals surface area contributed by atoms with Crippen LogP contribution in [0.1, 0.15) is 22.7 Å². The van der Waals surface area contributed by atoms with E-state index in [1.807, 2.05) is 22.8 Å². The maximum atomic E-state index is 13.3. The van der Waals surface area contributed by atoms with Crippen LogP contribution in [0.15, 0.2) is 52.0 Å². The number of thiophene rings is 2. The molecule has 3 nitrogen and oxygen atoms in total. The Morgan fingerprint density at radius 2 is 2.04 bits per heavy atom. The lowest BCUT2D eigenvalue weighted by atomic mass is 10.0. The Kier molecular flexibility index (Phi) is 3.65. The van der Waals surface area contributed by atoms with Gasteiger partial charge in [-0.05, 0) is 52.9 Å². The van der Waals surface area contributed by atoms with Crippen molar-refractivity contribution < 1.29 is 0 Å². The van der Waals surface area contributed by atoms with Crippen LogP contribution >= 0.6 is 22.7 Å². The van der Waals surface area contributed by atoms with E-state index < -0.39 is 0 Å². The van der Waals surface area contributed by atoms with Gasteiger partial charge in [0.05, 0.1) is 5.39 Å². The van der Waals surface area contributed by atoms with Gasteiger partial charge in [-0.25, -0.2) is 4.98 Å². The Balaban J connectivity index is 1.76. The Labute approximate surface area is 158 Å². The fourth-order valence-electron chi connectivity index (χ4n) is 3.64. The predicted molar refractivity (Wildman–Crippen MR) is 111 cm³/mol. The Morgan fingerprint density at radius 3 is 2.81 bits per heavy atom. The minimum atomic E-state index is 0.0851. The summed E-state index contributed by atoms with van der Waals surface area (Å²) in [5.41, 5.74) is 4.54. The molecule has 1 aliphatic heterocycles. The van der Waals surface area contributed by atoms with Crippen LogP contribution < -0.4 is 5.56 Å². The lowest BCUT2D eigenvalue weighted by Gasteiger charge is -2.05. The SMILES string of the molecule is Cc1sc2nc3n(c(=O)c2c1-c1ccccc1)CC/C3=C/c1ccsc1. The number of hydrogen-bond donors (Lipinski definition) is 0. The largest absolute Gasteiger partial charge is 0.292 e. The molecular formula is C21H16N2OS2. The minimum absolute atomic E-state index is 0.0851. The Hall–Kier alpha value is -2.50.